The van der Waals surface area contributed by atoms with Gasteiger partial charge in [0.25, 0.3) is 0 Å². The molecule has 0 unspecified atom stereocenters. The fraction of sp³-hybridized carbons (Fsp3) is 0.0968. The van der Waals surface area contributed by atoms with Gasteiger partial charge in [0.15, 0.2) is 0 Å². The van der Waals surface area contributed by atoms with Crippen molar-refractivity contribution in [3.8, 4) is 34.3 Å². The topological polar surface area (TPSA) is 35.0 Å². The van der Waals surface area contributed by atoms with E-state index in [4.69, 9.17) is 14.7 Å². The number of hydrogen-bond acceptors (Lipinski definition) is 4. The Morgan fingerprint density at radius 1 is 0.600 bits per heavy atom. The van der Waals surface area contributed by atoms with E-state index >= 15 is 0 Å². The summed E-state index contributed by atoms with van der Waals surface area (Å²) >= 11 is 1.82. The minimum atomic E-state index is 0.343. The third-order valence-electron chi connectivity index (χ3n) is 6.17. The SMILES string of the molecule is CC(C)c1cc(Oc2cccc(-c3ccccc3)n2)nc(-c2ccc3c(c2)sc2ccccc23)c1. The number of rotatable bonds is 5. The molecule has 0 saturated carbocycles. The molecule has 3 aromatic carbocycles. The number of nitrogens with zero attached hydrogens (tertiary/aromatic N) is 2. The largest absolute Gasteiger partial charge is 0.421 e. The van der Waals surface area contributed by atoms with E-state index in [0.29, 0.717) is 17.7 Å². The van der Waals surface area contributed by atoms with Gasteiger partial charge in [-0.1, -0.05) is 80.6 Å². The highest BCUT2D eigenvalue weighted by atomic mass is 32.1. The molecular formula is C31H24N2OS. The number of fused-ring (bicyclic) bond motifs is 3. The molecule has 0 N–H and O–H groups in total. The van der Waals surface area contributed by atoms with Crippen LogP contribution in [0.1, 0.15) is 25.3 Å². The first kappa shape index (κ1) is 21.5. The maximum Gasteiger partial charge on any atom is 0.222 e. The van der Waals surface area contributed by atoms with E-state index in [9.17, 15) is 0 Å². The van der Waals surface area contributed by atoms with Crippen LogP contribution in [0, 0.1) is 0 Å². The van der Waals surface area contributed by atoms with E-state index in [1.54, 1.807) is 0 Å². The second-order valence-corrected chi connectivity index (χ2v) is 10.0. The number of aromatic nitrogens is 2. The number of ether oxygens (including phenoxy) is 1. The van der Waals surface area contributed by atoms with Crippen molar-refractivity contribution in [3.05, 3.63) is 109 Å². The lowest BCUT2D eigenvalue weighted by Gasteiger charge is -2.12. The van der Waals surface area contributed by atoms with Crippen LogP contribution in [0.3, 0.4) is 0 Å². The minimum Gasteiger partial charge on any atom is -0.421 e. The molecule has 0 fully saturated rings. The lowest BCUT2D eigenvalue weighted by atomic mass is 10.0. The van der Waals surface area contributed by atoms with Gasteiger partial charge in [0.2, 0.25) is 11.8 Å². The predicted molar refractivity (Wildman–Crippen MR) is 146 cm³/mol. The van der Waals surface area contributed by atoms with Crippen molar-refractivity contribution in [1.29, 1.82) is 0 Å². The van der Waals surface area contributed by atoms with Gasteiger partial charge in [-0.3, -0.25) is 0 Å². The zero-order valence-electron chi connectivity index (χ0n) is 19.6. The van der Waals surface area contributed by atoms with Crippen LogP contribution in [0.15, 0.2) is 103 Å². The van der Waals surface area contributed by atoms with Crippen LogP contribution in [0.25, 0.3) is 42.7 Å². The average Bonchev–Trinajstić information content (AvgIpc) is 3.27. The van der Waals surface area contributed by atoms with Crippen molar-refractivity contribution in [1.82, 2.24) is 9.97 Å². The van der Waals surface area contributed by atoms with Crippen LogP contribution in [0.2, 0.25) is 0 Å². The molecular weight excluding hydrogens is 448 g/mol. The number of hydrogen-bond donors (Lipinski definition) is 0. The molecule has 170 valence electrons. The summed E-state index contributed by atoms with van der Waals surface area (Å²) in [7, 11) is 0. The number of thiophene rings is 1. The van der Waals surface area contributed by atoms with E-state index in [1.165, 1.54) is 25.7 Å². The summed E-state index contributed by atoms with van der Waals surface area (Å²) in [6.45, 7) is 4.37. The van der Waals surface area contributed by atoms with E-state index < -0.39 is 0 Å². The van der Waals surface area contributed by atoms with Crippen LogP contribution < -0.4 is 4.74 Å². The highest BCUT2D eigenvalue weighted by molar-refractivity contribution is 7.25. The highest BCUT2D eigenvalue weighted by Gasteiger charge is 2.13. The summed E-state index contributed by atoms with van der Waals surface area (Å²) in [5, 5.41) is 2.59. The Morgan fingerprint density at radius 3 is 2.23 bits per heavy atom. The Balaban J connectivity index is 1.39. The fourth-order valence-electron chi connectivity index (χ4n) is 4.29. The molecule has 0 aliphatic heterocycles. The minimum absolute atomic E-state index is 0.343. The molecule has 0 bridgehead atoms. The van der Waals surface area contributed by atoms with Crippen LogP contribution in [-0.4, -0.2) is 9.97 Å². The van der Waals surface area contributed by atoms with Crippen LogP contribution in [0.5, 0.6) is 11.8 Å². The van der Waals surface area contributed by atoms with Crippen LogP contribution >= 0.6 is 11.3 Å². The van der Waals surface area contributed by atoms with Gasteiger partial charge in [-0.05, 0) is 35.7 Å². The molecule has 0 radical (unpaired) electrons. The van der Waals surface area contributed by atoms with Crippen molar-refractivity contribution < 1.29 is 4.74 Å². The molecule has 0 aliphatic carbocycles. The third kappa shape index (κ3) is 4.29. The molecule has 6 rings (SSSR count). The standard InChI is InChI=1S/C31H24N2OS/c1-20(2)23-17-27(22-15-16-25-24-11-6-7-13-28(24)35-29(25)18-22)33-31(19-23)34-30-14-8-12-26(32-30)21-9-4-3-5-10-21/h3-20H,1-2H3. The molecule has 0 atom stereocenters. The molecule has 0 amide bonds. The first-order valence-electron chi connectivity index (χ1n) is 11.8. The Morgan fingerprint density at radius 2 is 1.37 bits per heavy atom. The smallest absolute Gasteiger partial charge is 0.222 e. The molecule has 3 heterocycles. The first-order chi connectivity index (χ1) is 17.1. The second kappa shape index (κ2) is 8.97. The summed E-state index contributed by atoms with van der Waals surface area (Å²) in [5.41, 5.74) is 5.10. The molecule has 3 aromatic heterocycles. The van der Waals surface area contributed by atoms with Crippen molar-refractivity contribution in [2.75, 3.05) is 0 Å². The van der Waals surface area contributed by atoms with Gasteiger partial charge < -0.3 is 4.74 Å². The molecule has 0 aliphatic rings. The third-order valence-corrected chi connectivity index (χ3v) is 7.30. The maximum absolute atomic E-state index is 6.21. The summed E-state index contributed by atoms with van der Waals surface area (Å²) < 4.78 is 8.78. The van der Waals surface area contributed by atoms with Gasteiger partial charge in [-0.2, -0.15) is 0 Å². The molecule has 35 heavy (non-hydrogen) atoms. The van der Waals surface area contributed by atoms with Crippen LogP contribution in [-0.2, 0) is 0 Å². The second-order valence-electron chi connectivity index (χ2n) is 8.92. The Hall–Kier alpha value is -4.02. The molecule has 4 heteroatoms. The lowest BCUT2D eigenvalue weighted by Crippen LogP contribution is -1.97. The normalized spacial score (nSPS) is 11.4. The van der Waals surface area contributed by atoms with Gasteiger partial charge in [-0.25, -0.2) is 9.97 Å². The molecule has 0 spiro atoms. The number of benzene rings is 3. The van der Waals surface area contributed by atoms with E-state index in [1.807, 2.05) is 65.9 Å². The first-order valence-corrected chi connectivity index (χ1v) is 12.6. The van der Waals surface area contributed by atoms with Gasteiger partial charge >= 0.3 is 0 Å². The van der Waals surface area contributed by atoms with Gasteiger partial charge in [0, 0.05) is 43.4 Å². The Bertz CT molecular complexity index is 1650. The lowest BCUT2D eigenvalue weighted by molar-refractivity contribution is 0.445. The Labute approximate surface area is 208 Å². The average molecular weight is 473 g/mol. The zero-order chi connectivity index (χ0) is 23.8. The molecule has 6 aromatic rings. The van der Waals surface area contributed by atoms with Crippen molar-refractivity contribution in [3.63, 3.8) is 0 Å². The summed E-state index contributed by atoms with van der Waals surface area (Å²) in [4.78, 5) is 9.61. The van der Waals surface area contributed by atoms with Crippen LogP contribution in [0.4, 0.5) is 0 Å². The zero-order valence-corrected chi connectivity index (χ0v) is 20.4. The van der Waals surface area contributed by atoms with Crippen molar-refractivity contribution in [2.45, 2.75) is 19.8 Å². The summed E-state index contributed by atoms with van der Waals surface area (Å²) in [6.07, 6.45) is 0. The monoisotopic (exact) mass is 472 g/mol. The van der Waals surface area contributed by atoms with Gasteiger partial charge in [0.1, 0.15) is 0 Å². The van der Waals surface area contributed by atoms with Gasteiger partial charge in [-0.15, -0.1) is 11.3 Å². The van der Waals surface area contributed by atoms with E-state index in [0.717, 1.165) is 22.5 Å². The fourth-order valence-corrected chi connectivity index (χ4v) is 5.44. The maximum atomic E-state index is 6.21. The van der Waals surface area contributed by atoms with Gasteiger partial charge in [0.05, 0.1) is 11.4 Å². The number of pyridine rings is 2. The van der Waals surface area contributed by atoms with E-state index in [2.05, 4.69) is 62.4 Å². The quantitative estimate of drug-likeness (QED) is 0.251. The predicted octanol–water partition coefficient (Wildman–Crippen LogP) is 9.09. The molecule has 0 saturated heterocycles. The summed E-state index contributed by atoms with van der Waals surface area (Å²) in [5.74, 6) is 1.43. The molecule has 3 nitrogen and oxygen atoms in total. The highest BCUT2D eigenvalue weighted by Crippen LogP contribution is 2.37. The van der Waals surface area contributed by atoms with E-state index in [-0.39, 0.29) is 0 Å². The Kier molecular flexibility index (Phi) is 5.51. The van der Waals surface area contributed by atoms with Crippen molar-refractivity contribution in [2.24, 2.45) is 0 Å². The van der Waals surface area contributed by atoms with Crippen molar-refractivity contribution >= 4 is 31.5 Å². The summed E-state index contributed by atoms with van der Waals surface area (Å²) in [6, 6.07) is 35.3.